The molecule has 26 heavy (non-hydrogen) atoms. The van der Waals surface area contributed by atoms with Crippen LogP contribution >= 0.6 is 11.6 Å². The van der Waals surface area contributed by atoms with Gasteiger partial charge in [-0.15, -0.1) is 0 Å². The van der Waals surface area contributed by atoms with Crippen LogP contribution < -0.4 is 0 Å². The molecule has 0 N–H and O–H groups in total. The summed E-state index contributed by atoms with van der Waals surface area (Å²) in [4.78, 5) is 7.26. The predicted molar refractivity (Wildman–Crippen MR) is 102 cm³/mol. The summed E-state index contributed by atoms with van der Waals surface area (Å²) in [5.41, 5.74) is 4.58. The molecule has 3 aliphatic rings. The number of halogens is 1. The van der Waals surface area contributed by atoms with Crippen LogP contribution in [0.1, 0.15) is 74.8 Å². The fourth-order valence-electron chi connectivity index (χ4n) is 4.59. The predicted octanol–water partition coefficient (Wildman–Crippen LogP) is 4.65. The summed E-state index contributed by atoms with van der Waals surface area (Å²) in [5, 5.41) is 5.66. The third-order valence-electron chi connectivity index (χ3n) is 6.24. The van der Waals surface area contributed by atoms with Crippen LogP contribution in [0, 0.1) is 0 Å². The Labute approximate surface area is 159 Å². The Morgan fingerprint density at radius 1 is 1.08 bits per heavy atom. The summed E-state index contributed by atoms with van der Waals surface area (Å²) in [6, 6.07) is 2.05. The lowest BCUT2D eigenvalue weighted by molar-refractivity contribution is -0.0371. The van der Waals surface area contributed by atoms with E-state index in [9.17, 15) is 0 Å². The Morgan fingerprint density at radius 3 is 2.62 bits per heavy atom. The standard InChI is InChI=1S/C20H27ClN4O/c21-16-12-15(13-24-9-2-3-10-24)20-19(22-16)18(14-6-5-7-14)23-25(20)17-8-1-4-11-26-17/h12,14,17H,1-11,13H2. The second-order valence-electron chi connectivity index (χ2n) is 8.06. The molecule has 3 fully saturated rings. The van der Waals surface area contributed by atoms with Crippen molar-refractivity contribution in [3.05, 3.63) is 22.5 Å². The number of likely N-dealkylation sites (tertiary alicyclic amines) is 1. The molecule has 2 aromatic heterocycles. The molecule has 1 atom stereocenters. The van der Waals surface area contributed by atoms with E-state index in [1.807, 2.05) is 6.07 Å². The smallest absolute Gasteiger partial charge is 0.150 e. The zero-order valence-electron chi connectivity index (χ0n) is 15.3. The lowest BCUT2D eigenvalue weighted by atomic mass is 9.82. The molecule has 0 spiro atoms. The summed E-state index contributed by atoms with van der Waals surface area (Å²) < 4.78 is 8.25. The van der Waals surface area contributed by atoms with Gasteiger partial charge in [-0.2, -0.15) is 5.10 Å². The zero-order valence-corrected chi connectivity index (χ0v) is 16.0. The van der Waals surface area contributed by atoms with Gasteiger partial charge in [0.2, 0.25) is 0 Å². The van der Waals surface area contributed by atoms with Crippen molar-refractivity contribution < 1.29 is 4.74 Å². The van der Waals surface area contributed by atoms with Gasteiger partial charge in [0.15, 0.2) is 6.23 Å². The first-order chi connectivity index (χ1) is 12.8. The number of fused-ring (bicyclic) bond motifs is 1. The highest BCUT2D eigenvalue weighted by Crippen LogP contribution is 2.41. The lowest BCUT2D eigenvalue weighted by Gasteiger charge is -2.25. The molecule has 2 aromatic rings. The molecular weight excluding hydrogens is 348 g/mol. The van der Waals surface area contributed by atoms with Gasteiger partial charge in [-0.1, -0.05) is 18.0 Å². The highest BCUT2D eigenvalue weighted by atomic mass is 35.5. The van der Waals surface area contributed by atoms with E-state index in [0.29, 0.717) is 11.1 Å². The average molecular weight is 375 g/mol. The minimum absolute atomic E-state index is 0.0420. The summed E-state index contributed by atoms with van der Waals surface area (Å²) in [6.45, 7) is 4.10. The van der Waals surface area contributed by atoms with Gasteiger partial charge in [0, 0.05) is 19.1 Å². The molecule has 4 heterocycles. The first kappa shape index (κ1) is 17.0. The normalized spacial score (nSPS) is 25.0. The Balaban J connectivity index is 1.63. The Morgan fingerprint density at radius 2 is 1.92 bits per heavy atom. The Hall–Kier alpha value is -1.17. The van der Waals surface area contributed by atoms with Crippen molar-refractivity contribution in [2.24, 2.45) is 0 Å². The molecule has 0 aromatic carbocycles. The Bertz CT molecular complexity index is 789. The summed E-state index contributed by atoms with van der Waals surface area (Å²) in [6.07, 6.45) is 9.73. The number of hydrogen-bond donors (Lipinski definition) is 0. The van der Waals surface area contributed by atoms with Crippen LogP contribution in [0.3, 0.4) is 0 Å². The van der Waals surface area contributed by atoms with Gasteiger partial charge >= 0.3 is 0 Å². The van der Waals surface area contributed by atoms with E-state index >= 15 is 0 Å². The number of hydrogen-bond acceptors (Lipinski definition) is 4. The second kappa shape index (κ2) is 7.10. The van der Waals surface area contributed by atoms with Gasteiger partial charge in [-0.25, -0.2) is 9.67 Å². The van der Waals surface area contributed by atoms with Crippen molar-refractivity contribution in [1.82, 2.24) is 19.7 Å². The van der Waals surface area contributed by atoms with Crippen LogP contribution in [0.15, 0.2) is 6.07 Å². The zero-order chi connectivity index (χ0) is 17.5. The van der Waals surface area contributed by atoms with Crippen molar-refractivity contribution in [2.75, 3.05) is 19.7 Å². The molecule has 5 rings (SSSR count). The van der Waals surface area contributed by atoms with Crippen LogP contribution in [0.2, 0.25) is 5.15 Å². The van der Waals surface area contributed by atoms with Crippen LogP contribution in [0.5, 0.6) is 0 Å². The molecule has 1 aliphatic carbocycles. The first-order valence-corrected chi connectivity index (χ1v) is 10.6. The molecule has 0 radical (unpaired) electrons. The maximum Gasteiger partial charge on any atom is 0.150 e. The fraction of sp³-hybridized carbons (Fsp3) is 0.700. The molecule has 6 heteroatoms. The van der Waals surface area contributed by atoms with Crippen molar-refractivity contribution in [3.8, 4) is 0 Å². The third kappa shape index (κ3) is 3.04. The monoisotopic (exact) mass is 374 g/mol. The Kier molecular flexibility index (Phi) is 4.63. The maximum absolute atomic E-state index is 6.44. The van der Waals surface area contributed by atoms with Crippen LogP contribution in [0.25, 0.3) is 11.0 Å². The van der Waals surface area contributed by atoms with Gasteiger partial charge in [-0.3, -0.25) is 4.90 Å². The van der Waals surface area contributed by atoms with E-state index in [4.69, 9.17) is 26.4 Å². The van der Waals surface area contributed by atoms with E-state index in [1.54, 1.807) is 0 Å². The quantitative estimate of drug-likeness (QED) is 0.731. The van der Waals surface area contributed by atoms with Crippen molar-refractivity contribution >= 4 is 22.6 Å². The second-order valence-corrected chi connectivity index (χ2v) is 8.45. The minimum Gasteiger partial charge on any atom is -0.356 e. The van der Waals surface area contributed by atoms with E-state index < -0.39 is 0 Å². The molecule has 2 saturated heterocycles. The highest BCUT2D eigenvalue weighted by molar-refractivity contribution is 6.29. The topological polar surface area (TPSA) is 43.2 Å². The molecule has 140 valence electrons. The van der Waals surface area contributed by atoms with Crippen molar-refractivity contribution in [2.45, 2.75) is 70.1 Å². The highest BCUT2D eigenvalue weighted by Gasteiger charge is 2.30. The molecule has 1 saturated carbocycles. The van der Waals surface area contributed by atoms with Crippen molar-refractivity contribution in [1.29, 1.82) is 0 Å². The number of aromatic nitrogens is 3. The first-order valence-electron chi connectivity index (χ1n) is 10.2. The molecule has 5 nitrogen and oxygen atoms in total. The molecule has 1 unspecified atom stereocenters. The average Bonchev–Trinajstić information content (AvgIpc) is 3.23. The van der Waals surface area contributed by atoms with Gasteiger partial charge in [0.1, 0.15) is 10.7 Å². The third-order valence-corrected chi connectivity index (χ3v) is 6.43. The van der Waals surface area contributed by atoms with Gasteiger partial charge in [-0.05, 0) is 69.7 Å². The van der Waals surface area contributed by atoms with Crippen LogP contribution in [-0.2, 0) is 11.3 Å². The maximum atomic E-state index is 6.44. The summed E-state index contributed by atoms with van der Waals surface area (Å²) in [7, 11) is 0. The van der Waals surface area contributed by atoms with Gasteiger partial charge in [0.05, 0.1) is 11.2 Å². The van der Waals surface area contributed by atoms with Crippen LogP contribution in [-0.4, -0.2) is 39.4 Å². The van der Waals surface area contributed by atoms with E-state index in [-0.39, 0.29) is 6.23 Å². The van der Waals surface area contributed by atoms with Gasteiger partial charge in [0.25, 0.3) is 0 Å². The van der Waals surface area contributed by atoms with Crippen LogP contribution in [0.4, 0.5) is 0 Å². The van der Waals surface area contributed by atoms with Gasteiger partial charge < -0.3 is 4.74 Å². The number of pyridine rings is 1. The van der Waals surface area contributed by atoms with Crippen molar-refractivity contribution in [3.63, 3.8) is 0 Å². The van der Waals surface area contributed by atoms with E-state index in [2.05, 4.69) is 9.58 Å². The number of nitrogens with zero attached hydrogens (tertiary/aromatic N) is 4. The van der Waals surface area contributed by atoms with E-state index in [1.165, 1.54) is 57.2 Å². The molecule has 0 bridgehead atoms. The summed E-state index contributed by atoms with van der Waals surface area (Å²) >= 11 is 6.44. The number of ether oxygens (including phenoxy) is 1. The lowest BCUT2D eigenvalue weighted by Crippen LogP contribution is -2.22. The molecule has 0 amide bonds. The van der Waals surface area contributed by atoms with E-state index in [0.717, 1.165) is 42.7 Å². The largest absolute Gasteiger partial charge is 0.356 e. The fourth-order valence-corrected chi connectivity index (χ4v) is 4.80. The number of rotatable bonds is 4. The minimum atomic E-state index is 0.0420. The summed E-state index contributed by atoms with van der Waals surface area (Å²) in [5.74, 6) is 0.535. The SMILES string of the molecule is Clc1cc(CN2CCCC2)c2c(n1)c(C1CCC1)nn2C1CCCCO1. The molecule has 2 aliphatic heterocycles. The molecular formula is C20H27ClN4O.